The minimum absolute atomic E-state index is 0.0759. The molecule has 1 saturated heterocycles. The van der Waals surface area contributed by atoms with E-state index in [1.54, 1.807) is 0 Å². The molecule has 3 nitrogen and oxygen atoms in total. The van der Waals surface area contributed by atoms with Gasteiger partial charge in [-0.05, 0) is 55.9 Å². The second kappa shape index (κ2) is 7.50. The van der Waals surface area contributed by atoms with E-state index >= 15 is 0 Å². The quantitative estimate of drug-likeness (QED) is 0.688. The Kier molecular flexibility index (Phi) is 4.80. The van der Waals surface area contributed by atoms with Gasteiger partial charge in [0.15, 0.2) is 0 Å². The van der Waals surface area contributed by atoms with Crippen LogP contribution < -0.4 is 0 Å². The SMILES string of the molecule is CC1CCCCN1C(=O)CCC1(c2ccc(F)cc2)c2ccccc2C2=NC=CC21. The Balaban J connectivity index is 1.55. The highest BCUT2D eigenvalue weighted by Crippen LogP contribution is 2.53. The van der Waals surface area contributed by atoms with Gasteiger partial charge in [0.1, 0.15) is 5.82 Å². The van der Waals surface area contributed by atoms with E-state index in [-0.39, 0.29) is 17.6 Å². The minimum Gasteiger partial charge on any atom is -0.340 e. The molecule has 2 aromatic carbocycles. The number of allylic oxidation sites excluding steroid dienone is 1. The summed E-state index contributed by atoms with van der Waals surface area (Å²) in [6.07, 6.45) is 8.56. The summed E-state index contributed by atoms with van der Waals surface area (Å²) in [5.41, 5.74) is 4.07. The third kappa shape index (κ3) is 2.92. The van der Waals surface area contributed by atoms with E-state index in [1.807, 2.05) is 24.4 Å². The van der Waals surface area contributed by atoms with E-state index in [4.69, 9.17) is 0 Å². The maximum atomic E-state index is 13.8. The van der Waals surface area contributed by atoms with Crippen LogP contribution in [0, 0.1) is 11.7 Å². The van der Waals surface area contributed by atoms with Crippen LogP contribution in [0.3, 0.4) is 0 Å². The molecule has 0 radical (unpaired) electrons. The van der Waals surface area contributed by atoms with E-state index in [2.05, 4.69) is 41.1 Å². The lowest BCUT2D eigenvalue weighted by atomic mass is 9.66. The number of piperidine rings is 1. The fourth-order valence-corrected chi connectivity index (χ4v) is 5.71. The van der Waals surface area contributed by atoms with Crippen LogP contribution in [-0.2, 0) is 10.2 Å². The Morgan fingerprint density at radius 1 is 1.17 bits per heavy atom. The van der Waals surface area contributed by atoms with Crippen LogP contribution in [-0.4, -0.2) is 29.1 Å². The Morgan fingerprint density at radius 3 is 2.77 bits per heavy atom. The Hall–Kier alpha value is -2.75. The van der Waals surface area contributed by atoms with Gasteiger partial charge in [-0.15, -0.1) is 0 Å². The number of halogens is 1. The lowest BCUT2D eigenvalue weighted by molar-refractivity contribution is -0.134. The molecule has 1 aliphatic carbocycles. The zero-order valence-corrected chi connectivity index (χ0v) is 17.4. The van der Waals surface area contributed by atoms with Crippen LogP contribution in [0.2, 0.25) is 0 Å². The van der Waals surface area contributed by atoms with Gasteiger partial charge in [0.05, 0.1) is 5.71 Å². The van der Waals surface area contributed by atoms with Gasteiger partial charge >= 0.3 is 0 Å². The van der Waals surface area contributed by atoms with Crippen LogP contribution >= 0.6 is 0 Å². The monoisotopic (exact) mass is 402 g/mol. The first kappa shape index (κ1) is 19.2. The molecular formula is C26H27FN2O. The normalized spacial score (nSPS) is 27.0. The summed E-state index contributed by atoms with van der Waals surface area (Å²) in [5.74, 6) is 0.0646. The third-order valence-corrected chi connectivity index (χ3v) is 7.22. The maximum absolute atomic E-state index is 13.8. The highest BCUT2D eigenvalue weighted by Gasteiger charge is 2.51. The molecule has 154 valence electrons. The first-order valence-electron chi connectivity index (χ1n) is 11.0. The molecule has 3 atom stereocenters. The molecule has 2 aliphatic heterocycles. The van der Waals surface area contributed by atoms with Gasteiger partial charge in [-0.2, -0.15) is 0 Å². The van der Waals surface area contributed by atoms with E-state index in [1.165, 1.54) is 24.1 Å². The number of aliphatic imine (C=N–C) groups is 1. The Bertz CT molecular complexity index is 1030. The topological polar surface area (TPSA) is 32.7 Å². The van der Waals surface area contributed by atoms with Crippen molar-refractivity contribution in [2.75, 3.05) is 6.54 Å². The summed E-state index contributed by atoms with van der Waals surface area (Å²) in [4.78, 5) is 19.9. The van der Waals surface area contributed by atoms with Gasteiger partial charge in [-0.25, -0.2) is 4.39 Å². The molecule has 3 aliphatic rings. The Morgan fingerprint density at radius 2 is 1.97 bits per heavy atom. The standard InChI is InChI=1S/C26H27FN2O/c1-18-6-4-5-17-29(18)24(30)13-15-26(19-9-11-20(27)12-10-19)22-8-3-2-7-21(22)25-23(26)14-16-28-25/h2-3,7-12,14,16,18,23H,4-6,13,15,17H2,1H3. The molecule has 2 heterocycles. The van der Waals surface area contributed by atoms with Gasteiger partial charge in [0.25, 0.3) is 0 Å². The lowest BCUT2D eigenvalue weighted by Gasteiger charge is -2.38. The van der Waals surface area contributed by atoms with Crippen molar-refractivity contribution in [1.82, 2.24) is 4.90 Å². The van der Waals surface area contributed by atoms with Crippen molar-refractivity contribution in [1.29, 1.82) is 0 Å². The molecule has 3 unspecified atom stereocenters. The molecule has 2 aromatic rings. The zero-order valence-electron chi connectivity index (χ0n) is 17.4. The number of nitrogens with zero attached hydrogens (tertiary/aromatic N) is 2. The van der Waals surface area contributed by atoms with E-state index < -0.39 is 5.41 Å². The summed E-state index contributed by atoms with van der Waals surface area (Å²) in [5, 5.41) is 0. The van der Waals surface area contributed by atoms with Gasteiger partial charge in [-0.3, -0.25) is 9.79 Å². The van der Waals surface area contributed by atoms with Crippen LogP contribution in [0.1, 0.15) is 55.7 Å². The molecule has 30 heavy (non-hydrogen) atoms. The van der Waals surface area contributed by atoms with Crippen LogP contribution in [0.4, 0.5) is 4.39 Å². The molecule has 1 fully saturated rings. The van der Waals surface area contributed by atoms with Gasteiger partial charge < -0.3 is 4.90 Å². The number of fused-ring (bicyclic) bond motifs is 3. The molecule has 0 spiro atoms. The maximum Gasteiger partial charge on any atom is 0.222 e. The number of rotatable bonds is 4. The summed E-state index contributed by atoms with van der Waals surface area (Å²) in [7, 11) is 0. The molecule has 0 aromatic heterocycles. The molecule has 5 rings (SSSR count). The van der Waals surface area contributed by atoms with Crippen molar-refractivity contribution in [3.05, 3.63) is 83.3 Å². The largest absolute Gasteiger partial charge is 0.340 e. The summed E-state index contributed by atoms with van der Waals surface area (Å²) >= 11 is 0. The predicted molar refractivity (Wildman–Crippen MR) is 117 cm³/mol. The predicted octanol–water partition coefficient (Wildman–Crippen LogP) is 5.24. The van der Waals surface area contributed by atoms with Crippen LogP contribution in [0.25, 0.3) is 0 Å². The van der Waals surface area contributed by atoms with Crippen molar-refractivity contribution in [2.45, 2.75) is 50.5 Å². The number of likely N-dealkylation sites (tertiary alicyclic amines) is 1. The summed E-state index contributed by atoms with van der Waals surface area (Å²) in [6, 6.07) is 15.5. The van der Waals surface area contributed by atoms with Crippen molar-refractivity contribution in [3.8, 4) is 0 Å². The van der Waals surface area contributed by atoms with Crippen molar-refractivity contribution < 1.29 is 9.18 Å². The minimum atomic E-state index is -0.398. The number of benzene rings is 2. The Labute approximate surface area is 177 Å². The average molecular weight is 403 g/mol. The zero-order chi connectivity index (χ0) is 20.7. The molecule has 1 amide bonds. The van der Waals surface area contributed by atoms with E-state index in [9.17, 15) is 9.18 Å². The summed E-state index contributed by atoms with van der Waals surface area (Å²) < 4.78 is 13.8. The average Bonchev–Trinajstić information content (AvgIpc) is 3.34. The first-order valence-corrected chi connectivity index (χ1v) is 11.0. The number of carbonyl (C=O) groups excluding carboxylic acids is 1. The second-order valence-electron chi connectivity index (χ2n) is 8.79. The van der Waals surface area contributed by atoms with Crippen molar-refractivity contribution >= 4 is 11.6 Å². The summed E-state index contributed by atoms with van der Waals surface area (Å²) in [6.45, 7) is 3.01. The smallest absolute Gasteiger partial charge is 0.222 e. The number of hydrogen-bond donors (Lipinski definition) is 0. The lowest BCUT2D eigenvalue weighted by Crippen LogP contribution is -2.43. The molecule has 0 N–H and O–H groups in total. The molecular weight excluding hydrogens is 375 g/mol. The number of hydrogen-bond acceptors (Lipinski definition) is 2. The van der Waals surface area contributed by atoms with Gasteiger partial charge in [0, 0.05) is 42.1 Å². The van der Waals surface area contributed by atoms with E-state index in [0.29, 0.717) is 18.9 Å². The highest BCUT2D eigenvalue weighted by atomic mass is 19.1. The molecule has 4 heteroatoms. The van der Waals surface area contributed by atoms with Crippen molar-refractivity contribution in [2.24, 2.45) is 10.9 Å². The van der Waals surface area contributed by atoms with Crippen molar-refractivity contribution in [3.63, 3.8) is 0 Å². The number of amides is 1. The third-order valence-electron chi connectivity index (χ3n) is 7.22. The first-order chi connectivity index (χ1) is 14.6. The van der Waals surface area contributed by atoms with E-state index in [0.717, 1.165) is 36.2 Å². The molecule has 0 bridgehead atoms. The fourth-order valence-electron chi connectivity index (χ4n) is 5.71. The van der Waals surface area contributed by atoms with Gasteiger partial charge in [-0.1, -0.05) is 42.5 Å². The number of carbonyl (C=O) groups is 1. The fraction of sp³-hybridized carbons (Fsp3) is 0.385. The van der Waals surface area contributed by atoms with Gasteiger partial charge in [0.2, 0.25) is 5.91 Å². The highest BCUT2D eigenvalue weighted by molar-refractivity contribution is 6.11. The molecule has 0 saturated carbocycles. The van der Waals surface area contributed by atoms with Crippen LogP contribution in [0.5, 0.6) is 0 Å². The second-order valence-corrected chi connectivity index (χ2v) is 8.79. The van der Waals surface area contributed by atoms with Crippen LogP contribution in [0.15, 0.2) is 65.8 Å².